The molecular formula is C7H4F3N3O2. The van der Waals surface area contributed by atoms with Gasteiger partial charge in [-0.05, 0) is 0 Å². The monoisotopic (exact) mass is 219 g/mol. The Balaban J connectivity index is 3.79. The minimum absolute atomic E-state index is 0.179. The van der Waals surface area contributed by atoms with Gasteiger partial charge in [0, 0.05) is 13.1 Å². The average Bonchev–Trinajstić information content (AvgIpc) is 2.12. The summed E-state index contributed by atoms with van der Waals surface area (Å²) < 4.78 is 37.0. The molecular weight excluding hydrogens is 215 g/mol. The molecule has 0 aliphatic carbocycles. The topological polar surface area (TPSA) is 67.8 Å². The van der Waals surface area contributed by atoms with Crippen LogP contribution in [0.1, 0.15) is 5.69 Å². The molecule has 8 heteroatoms. The van der Waals surface area contributed by atoms with Gasteiger partial charge >= 0.3 is 11.9 Å². The van der Waals surface area contributed by atoms with Crippen molar-refractivity contribution in [1.29, 1.82) is 5.26 Å². The second-order valence-corrected chi connectivity index (χ2v) is 2.64. The quantitative estimate of drug-likeness (QED) is 0.611. The average molecular weight is 219 g/mol. The second kappa shape index (κ2) is 3.27. The van der Waals surface area contributed by atoms with Crippen LogP contribution in [0.5, 0.6) is 0 Å². The Morgan fingerprint density at radius 2 is 1.93 bits per heavy atom. The Labute approximate surface area is 80.6 Å². The molecule has 0 amide bonds. The van der Waals surface area contributed by atoms with E-state index in [9.17, 15) is 22.8 Å². The first-order valence-electron chi connectivity index (χ1n) is 3.59. The van der Waals surface area contributed by atoms with Crippen LogP contribution in [-0.2, 0) is 13.2 Å². The third kappa shape index (κ3) is 1.76. The van der Waals surface area contributed by atoms with E-state index in [1.54, 1.807) is 0 Å². The highest BCUT2D eigenvalue weighted by Crippen LogP contribution is 2.26. The minimum atomic E-state index is -4.91. The van der Waals surface area contributed by atoms with E-state index >= 15 is 0 Å². The number of rotatable bonds is 0. The highest BCUT2D eigenvalue weighted by Gasteiger charge is 2.35. The first-order chi connectivity index (χ1) is 6.79. The lowest BCUT2D eigenvalue weighted by atomic mass is 10.4. The zero-order valence-electron chi connectivity index (χ0n) is 7.37. The third-order valence-corrected chi connectivity index (χ3v) is 1.70. The molecule has 0 fully saturated rings. The molecule has 0 saturated heterocycles. The molecule has 0 unspecified atom stereocenters. The van der Waals surface area contributed by atoms with Crippen molar-refractivity contribution in [2.45, 2.75) is 6.18 Å². The van der Waals surface area contributed by atoms with Crippen molar-refractivity contribution in [3.8, 4) is 6.19 Å². The predicted octanol–water partition coefficient (Wildman–Crippen LogP) is -0.105. The van der Waals surface area contributed by atoms with Crippen LogP contribution < -0.4 is 11.2 Å². The number of alkyl halides is 3. The Morgan fingerprint density at radius 1 is 1.40 bits per heavy atom. The van der Waals surface area contributed by atoms with Crippen molar-refractivity contribution in [2.75, 3.05) is 0 Å². The number of hydrogen-bond donors (Lipinski definition) is 0. The Morgan fingerprint density at radius 3 is 2.33 bits per heavy atom. The molecule has 0 aromatic carbocycles. The molecule has 15 heavy (non-hydrogen) atoms. The van der Waals surface area contributed by atoms with Crippen LogP contribution in [0.15, 0.2) is 15.7 Å². The lowest BCUT2D eigenvalue weighted by Gasteiger charge is -2.09. The molecule has 0 aliphatic rings. The summed E-state index contributed by atoms with van der Waals surface area (Å²) >= 11 is 0. The van der Waals surface area contributed by atoms with E-state index in [2.05, 4.69) is 0 Å². The van der Waals surface area contributed by atoms with Gasteiger partial charge in [0.1, 0.15) is 5.69 Å². The molecule has 0 saturated carbocycles. The van der Waals surface area contributed by atoms with Crippen LogP contribution in [0, 0.1) is 11.5 Å². The number of hydrogen-bond acceptors (Lipinski definition) is 3. The summed E-state index contributed by atoms with van der Waals surface area (Å²) in [5, 5.41) is 8.38. The van der Waals surface area contributed by atoms with Crippen LogP contribution in [0.3, 0.4) is 0 Å². The van der Waals surface area contributed by atoms with Crippen LogP contribution >= 0.6 is 0 Å². The summed E-state index contributed by atoms with van der Waals surface area (Å²) in [7, 11) is 0.985. The van der Waals surface area contributed by atoms with Crippen molar-refractivity contribution in [2.24, 2.45) is 7.05 Å². The van der Waals surface area contributed by atoms with Gasteiger partial charge in [-0.3, -0.25) is 9.36 Å². The van der Waals surface area contributed by atoms with Crippen molar-refractivity contribution in [3.63, 3.8) is 0 Å². The molecule has 0 bridgehead atoms. The van der Waals surface area contributed by atoms with Crippen LogP contribution in [-0.4, -0.2) is 9.13 Å². The normalized spacial score (nSPS) is 11.1. The minimum Gasteiger partial charge on any atom is -0.269 e. The van der Waals surface area contributed by atoms with E-state index in [0.29, 0.717) is 4.57 Å². The second-order valence-electron chi connectivity index (χ2n) is 2.64. The summed E-state index contributed by atoms with van der Waals surface area (Å²) in [5.41, 5.74) is -4.01. The maximum Gasteiger partial charge on any atom is 0.432 e. The number of halogens is 3. The fraction of sp³-hybridized carbons (Fsp3) is 0.286. The number of aromatic nitrogens is 2. The fourth-order valence-electron chi connectivity index (χ4n) is 0.931. The number of nitrogens with zero attached hydrogens (tertiary/aromatic N) is 3. The molecule has 80 valence electrons. The van der Waals surface area contributed by atoms with Gasteiger partial charge < -0.3 is 0 Å². The Bertz CT molecular complexity index is 547. The van der Waals surface area contributed by atoms with Crippen LogP contribution in [0.2, 0.25) is 0 Å². The van der Waals surface area contributed by atoms with Gasteiger partial charge in [-0.15, -0.1) is 0 Å². The molecule has 1 rings (SSSR count). The maximum absolute atomic E-state index is 12.3. The van der Waals surface area contributed by atoms with Crippen molar-refractivity contribution in [1.82, 2.24) is 9.13 Å². The van der Waals surface area contributed by atoms with E-state index in [4.69, 9.17) is 5.26 Å². The highest BCUT2D eigenvalue weighted by atomic mass is 19.4. The standard InChI is InChI=1S/C7H4F3N3O2/c1-12-5(14)2-4(7(8,9)10)13(3-11)6(12)15/h2H,1H3. The zero-order chi connectivity index (χ0) is 11.8. The van der Waals surface area contributed by atoms with Crippen molar-refractivity contribution in [3.05, 3.63) is 32.6 Å². The predicted molar refractivity (Wildman–Crippen MR) is 42.0 cm³/mol. The summed E-state index contributed by atoms with van der Waals surface area (Å²) in [6, 6.07) is 0.199. The Hall–Kier alpha value is -2.04. The lowest BCUT2D eigenvalue weighted by Crippen LogP contribution is -2.39. The molecule has 0 N–H and O–H groups in total. The van der Waals surface area contributed by atoms with Gasteiger partial charge in [-0.1, -0.05) is 0 Å². The first-order valence-corrected chi connectivity index (χ1v) is 3.59. The van der Waals surface area contributed by atoms with E-state index in [-0.39, 0.29) is 10.6 Å². The molecule has 0 radical (unpaired) electrons. The SMILES string of the molecule is Cn1c(=O)cc(C(F)(F)F)n(C#N)c1=O. The van der Waals surface area contributed by atoms with E-state index < -0.39 is 23.1 Å². The van der Waals surface area contributed by atoms with Crippen molar-refractivity contribution >= 4 is 0 Å². The zero-order valence-corrected chi connectivity index (χ0v) is 7.37. The summed E-state index contributed by atoms with van der Waals surface area (Å²) in [4.78, 5) is 22.0. The molecule has 1 aromatic heterocycles. The summed E-state index contributed by atoms with van der Waals surface area (Å²) in [6.45, 7) is 0. The van der Waals surface area contributed by atoms with Crippen LogP contribution in [0.25, 0.3) is 0 Å². The lowest BCUT2D eigenvalue weighted by molar-refractivity contribution is -0.143. The number of nitriles is 1. The van der Waals surface area contributed by atoms with E-state index in [1.165, 1.54) is 0 Å². The van der Waals surface area contributed by atoms with E-state index in [0.717, 1.165) is 13.2 Å². The van der Waals surface area contributed by atoms with Gasteiger partial charge in [0.05, 0.1) is 0 Å². The molecule has 0 atom stereocenters. The van der Waals surface area contributed by atoms with Crippen molar-refractivity contribution < 1.29 is 13.2 Å². The molecule has 0 aliphatic heterocycles. The molecule has 1 aromatic rings. The Kier molecular flexibility index (Phi) is 2.41. The molecule has 0 spiro atoms. The van der Waals surface area contributed by atoms with Gasteiger partial charge in [0.25, 0.3) is 5.56 Å². The van der Waals surface area contributed by atoms with Gasteiger partial charge in [0.2, 0.25) is 0 Å². The maximum atomic E-state index is 12.3. The van der Waals surface area contributed by atoms with Gasteiger partial charge in [-0.25, -0.2) is 4.79 Å². The summed E-state index contributed by atoms with van der Waals surface area (Å²) in [5.74, 6) is 0. The molecule has 1 heterocycles. The summed E-state index contributed by atoms with van der Waals surface area (Å²) in [6.07, 6.45) is -3.85. The van der Waals surface area contributed by atoms with E-state index in [1.807, 2.05) is 0 Å². The first kappa shape index (κ1) is 11.0. The van der Waals surface area contributed by atoms with Gasteiger partial charge in [0.15, 0.2) is 6.19 Å². The third-order valence-electron chi connectivity index (χ3n) is 1.70. The fourth-order valence-corrected chi connectivity index (χ4v) is 0.931. The largest absolute Gasteiger partial charge is 0.432 e. The van der Waals surface area contributed by atoms with Gasteiger partial charge in [-0.2, -0.15) is 23.0 Å². The molecule has 5 nitrogen and oxygen atoms in total. The smallest absolute Gasteiger partial charge is 0.269 e. The van der Waals surface area contributed by atoms with Crippen LogP contribution in [0.4, 0.5) is 13.2 Å². The highest BCUT2D eigenvalue weighted by molar-refractivity contribution is 5.11.